The number of rotatable bonds is 10. The Bertz CT molecular complexity index is 534. The maximum Gasteiger partial charge on any atom is 0.220 e. The normalized spacial score (nSPS) is 18.3. The van der Waals surface area contributed by atoms with Crippen LogP contribution in [0.15, 0.2) is 24.3 Å². The molecule has 0 bridgehead atoms. The monoisotopic (exact) mass is 382 g/mol. The molecule has 1 amide bonds. The molecule has 0 spiro atoms. The molecule has 1 aromatic carbocycles. The minimum absolute atomic E-state index is 0.104. The molecule has 2 rings (SSSR count). The van der Waals surface area contributed by atoms with E-state index < -0.39 is 0 Å². The van der Waals surface area contributed by atoms with E-state index in [-0.39, 0.29) is 11.9 Å². The Morgan fingerprint density at radius 1 is 1.36 bits per heavy atom. The average Bonchev–Trinajstić information content (AvgIpc) is 3.12. The van der Waals surface area contributed by atoms with Crippen molar-refractivity contribution in [2.75, 3.05) is 33.5 Å². The topological polar surface area (TPSA) is 41.6 Å². The van der Waals surface area contributed by atoms with Crippen molar-refractivity contribution in [1.82, 2.24) is 10.2 Å². The largest absolute Gasteiger partial charge is 0.496 e. The van der Waals surface area contributed by atoms with E-state index in [9.17, 15) is 4.79 Å². The van der Waals surface area contributed by atoms with Crippen LogP contribution in [-0.4, -0.2) is 49.6 Å². The smallest absolute Gasteiger partial charge is 0.220 e. The van der Waals surface area contributed by atoms with Crippen molar-refractivity contribution in [3.8, 4) is 5.75 Å². The third-order valence-corrected chi connectivity index (χ3v) is 7.53. The van der Waals surface area contributed by atoms with Crippen molar-refractivity contribution in [1.29, 1.82) is 0 Å². The lowest BCUT2D eigenvalue weighted by atomic mass is 10.0. The molecule has 1 aliphatic rings. The number of carbonyl (C=O) groups is 1. The van der Waals surface area contributed by atoms with Gasteiger partial charge in [-0.1, -0.05) is 46.2 Å². The SMILES string of the molecule is COc1ccccc1C(CNC(=O)CCCCC1CCSS1)N(C)C. The van der Waals surface area contributed by atoms with Gasteiger partial charge >= 0.3 is 0 Å². The molecule has 1 fully saturated rings. The highest BCUT2D eigenvalue weighted by Gasteiger charge is 2.19. The molecule has 2 unspecified atom stereocenters. The van der Waals surface area contributed by atoms with Crippen LogP contribution in [0.3, 0.4) is 0 Å². The molecule has 4 nitrogen and oxygen atoms in total. The molecule has 1 heterocycles. The van der Waals surface area contributed by atoms with E-state index in [4.69, 9.17) is 4.74 Å². The lowest BCUT2D eigenvalue weighted by molar-refractivity contribution is -0.121. The molecular weight excluding hydrogens is 352 g/mol. The Kier molecular flexibility index (Phi) is 8.99. The average molecular weight is 383 g/mol. The number of methoxy groups -OCH3 is 1. The van der Waals surface area contributed by atoms with Gasteiger partial charge in [0.15, 0.2) is 0 Å². The Labute approximate surface area is 159 Å². The van der Waals surface area contributed by atoms with Gasteiger partial charge in [0.25, 0.3) is 0 Å². The molecule has 0 saturated carbocycles. The minimum atomic E-state index is 0.104. The number of amides is 1. The number of likely N-dealkylation sites (N-methyl/N-ethyl adjacent to an activating group) is 1. The predicted molar refractivity (Wildman–Crippen MR) is 109 cm³/mol. The van der Waals surface area contributed by atoms with Gasteiger partial charge in [0, 0.05) is 29.5 Å². The van der Waals surface area contributed by atoms with Crippen LogP contribution in [0.25, 0.3) is 0 Å². The second-order valence-electron chi connectivity index (χ2n) is 6.60. The summed E-state index contributed by atoms with van der Waals surface area (Å²) in [5.74, 6) is 2.29. The number of nitrogens with zero attached hydrogens (tertiary/aromatic N) is 1. The number of carbonyl (C=O) groups excluding carboxylic acids is 1. The molecule has 25 heavy (non-hydrogen) atoms. The lowest BCUT2D eigenvalue weighted by Crippen LogP contribution is -2.34. The summed E-state index contributed by atoms with van der Waals surface area (Å²) in [4.78, 5) is 14.3. The van der Waals surface area contributed by atoms with Crippen LogP contribution < -0.4 is 10.1 Å². The molecule has 2 atom stereocenters. The second kappa shape index (κ2) is 11.0. The summed E-state index contributed by atoms with van der Waals surface area (Å²) >= 11 is 0. The molecule has 140 valence electrons. The molecular formula is C19H30N2O2S2. The van der Waals surface area contributed by atoms with Gasteiger partial charge in [-0.2, -0.15) is 0 Å². The maximum absolute atomic E-state index is 12.2. The molecule has 0 aliphatic carbocycles. The molecule has 1 saturated heterocycles. The van der Waals surface area contributed by atoms with E-state index in [0.717, 1.165) is 29.4 Å². The Morgan fingerprint density at radius 2 is 2.16 bits per heavy atom. The maximum atomic E-state index is 12.2. The highest BCUT2D eigenvalue weighted by Crippen LogP contribution is 2.39. The van der Waals surface area contributed by atoms with Gasteiger partial charge in [0.1, 0.15) is 5.75 Å². The third kappa shape index (κ3) is 6.76. The number of para-hydroxylation sites is 1. The minimum Gasteiger partial charge on any atom is -0.496 e. The van der Waals surface area contributed by atoms with Gasteiger partial charge in [-0.25, -0.2) is 0 Å². The fourth-order valence-corrected chi connectivity index (χ4v) is 6.06. The highest BCUT2D eigenvalue weighted by molar-refractivity contribution is 8.77. The van der Waals surface area contributed by atoms with Crippen molar-refractivity contribution in [2.45, 2.75) is 43.4 Å². The fourth-order valence-electron chi connectivity index (χ4n) is 3.03. The first-order chi connectivity index (χ1) is 12.1. The molecule has 0 radical (unpaired) electrons. The number of hydrogen-bond acceptors (Lipinski definition) is 5. The molecule has 6 heteroatoms. The fraction of sp³-hybridized carbons (Fsp3) is 0.632. The van der Waals surface area contributed by atoms with Crippen molar-refractivity contribution in [3.05, 3.63) is 29.8 Å². The van der Waals surface area contributed by atoms with Gasteiger partial charge < -0.3 is 15.0 Å². The van der Waals surface area contributed by atoms with E-state index >= 15 is 0 Å². The standard InChI is InChI=1S/C19H30N2O2S2/c1-21(2)17(16-9-5-6-10-18(16)23-3)14-20-19(22)11-7-4-8-15-12-13-24-25-15/h5-6,9-10,15,17H,4,7-8,11-14H2,1-3H3,(H,20,22). The van der Waals surface area contributed by atoms with E-state index in [2.05, 4.69) is 16.3 Å². The summed E-state index contributed by atoms with van der Waals surface area (Å²) in [6.07, 6.45) is 5.32. The second-order valence-corrected chi connectivity index (χ2v) is 9.39. The number of unbranched alkanes of at least 4 members (excludes halogenated alkanes) is 1. The number of benzene rings is 1. The Balaban J connectivity index is 1.75. The summed E-state index contributed by atoms with van der Waals surface area (Å²) in [7, 11) is 9.74. The molecule has 0 aromatic heterocycles. The Morgan fingerprint density at radius 3 is 2.84 bits per heavy atom. The Hall–Kier alpha value is -0.850. The van der Waals surface area contributed by atoms with Gasteiger partial charge in [-0.15, -0.1) is 0 Å². The van der Waals surface area contributed by atoms with E-state index in [1.807, 2.05) is 53.9 Å². The van der Waals surface area contributed by atoms with E-state index in [1.54, 1.807) is 7.11 Å². The summed E-state index contributed by atoms with van der Waals surface area (Å²) < 4.78 is 5.47. The number of nitrogens with one attached hydrogen (secondary N) is 1. The van der Waals surface area contributed by atoms with Gasteiger partial charge in [0.2, 0.25) is 5.91 Å². The van der Waals surface area contributed by atoms with Crippen LogP contribution in [0.4, 0.5) is 0 Å². The highest BCUT2D eigenvalue weighted by atomic mass is 33.1. The predicted octanol–water partition coefficient (Wildman–Crippen LogP) is 4.13. The first-order valence-electron chi connectivity index (χ1n) is 8.96. The summed E-state index contributed by atoms with van der Waals surface area (Å²) in [6, 6.07) is 8.11. The van der Waals surface area contributed by atoms with Crippen LogP contribution in [0.5, 0.6) is 5.75 Å². The molecule has 1 N–H and O–H groups in total. The summed E-state index contributed by atoms with van der Waals surface area (Å²) in [5.41, 5.74) is 1.10. The van der Waals surface area contributed by atoms with Crippen molar-refractivity contribution in [2.24, 2.45) is 0 Å². The van der Waals surface area contributed by atoms with Crippen LogP contribution in [-0.2, 0) is 4.79 Å². The number of hydrogen-bond donors (Lipinski definition) is 1. The molecule has 1 aromatic rings. The van der Waals surface area contributed by atoms with E-state index in [0.29, 0.717) is 13.0 Å². The lowest BCUT2D eigenvalue weighted by Gasteiger charge is -2.26. The van der Waals surface area contributed by atoms with Crippen LogP contribution in [0.1, 0.15) is 43.7 Å². The van der Waals surface area contributed by atoms with Crippen molar-refractivity contribution >= 4 is 27.5 Å². The third-order valence-electron chi connectivity index (χ3n) is 4.52. The zero-order chi connectivity index (χ0) is 18.1. The van der Waals surface area contributed by atoms with Crippen LogP contribution in [0, 0.1) is 0 Å². The zero-order valence-electron chi connectivity index (χ0n) is 15.5. The van der Waals surface area contributed by atoms with Crippen molar-refractivity contribution < 1.29 is 9.53 Å². The summed E-state index contributed by atoms with van der Waals surface area (Å²) in [5, 5.41) is 3.90. The van der Waals surface area contributed by atoms with Gasteiger partial charge in [-0.3, -0.25) is 4.79 Å². The number of ether oxygens (including phenoxy) is 1. The van der Waals surface area contributed by atoms with Gasteiger partial charge in [0.05, 0.1) is 13.2 Å². The first kappa shape index (κ1) is 20.5. The van der Waals surface area contributed by atoms with Gasteiger partial charge in [-0.05, 0) is 39.4 Å². The van der Waals surface area contributed by atoms with Crippen LogP contribution in [0.2, 0.25) is 0 Å². The van der Waals surface area contributed by atoms with E-state index in [1.165, 1.54) is 18.6 Å². The van der Waals surface area contributed by atoms with Crippen LogP contribution >= 0.6 is 21.6 Å². The summed E-state index contributed by atoms with van der Waals surface area (Å²) in [6.45, 7) is 0.599. The van der Waals surface area contributed by atoms with Crippen molar-refractivity contribution in [3.63, 3.8) is 0 Å². The first-order valence-corrected chi connectivity index (χ1v) is 11.3. The quantitative estimate of drug-likeness (QED) is 0.487. The zero-order valence-corrected chi connectivity index (χ0v) is 17.1. The molecule has 1 aliphatic heterocycles.